The van der Waals surface area contributed by atoms with Crippen molar-refractivity contribution in [1.29, 1.82) is 0 Å². The lowest BCUT2D eigenvalue weighted by atomic mass is 9.90. The Morgan fingerprint density at radius 3 is 2.09 bits per heavy atom. The van der Waals surface area contributed by atoms with E-state index in [0.717, 1.165) is 16.7 Å². The van der Waals surface area contributed by atoms with Crippen LogP contribution in [0.25, 0.3) is 0 Å². The van der Waals surface area contributed by atoms with E-state index in [2.05, 4.69) is 36.1 Å². The first-order chi connectivity index (χ1) is 17.0. The monoisotopic (exact) mass is 475 g/mol. The second-order valence-electron chi connectivity index (χ2n) is 8.99. The molecule has 0 aromatic heterocycles. The van der Waals surface area contributed by atoms with Crippen LogP contribution in [0.4, 0.5) is 0 Å². The summed E-state index contributed by atoms with van der Waals surface area (Å²) in [5, 5.41) is 9.46. The molecule has 1 unspecified atom stereocenters. The maximum atomic E-state index is 11.5. The van der Waals surface area contributed by atoms with E-state index in [1.54, 1.807) is 14.2 Å². The molecular formula is C29H33NO5. The molecule has 0 amide bonds. The van der Waals surface area contributed by atoms with Gasteiger partial charge in [0.05, 0.1) is 26.2 Å². The molecule has 0 spiro atoms. The number of hydrogen-bond acceptors (Lipinski definition) is 5. The van der Waals surface area contributed by atoms with Gasteiger partial charge in [-0.25, -0.2) is 0 Å². The number of aryl methyl sites for hydroxylation is 1. The van der Waals surface area contributed by atoms with Gasteiger partial charge in [0.25, 0.3) is 0 Å². The molecule has 1 aliphatic heterocycles. The van der Waals surface area contributed by atoms with Gasteiger partial charge in [-0.2, -0.15) is 0 Å². The van der Waals surface area contributed by atoms with E-state index < -0.39 is 5.97 Å². The summed E-state index contributed by atoms with van der Waals surface area (Å²) in [6.07, 6.45) is 1.26. The lowest BCUT2D eigenvalue weighted by Gasteiger charge is -2.37. The fourth-order valence-electron chi connectivity index (χ4n) is 4.70. The molecule has 1 N–H and O–H groups in total. The first-order valence-corrected chi connectivity index (χ1v) is 12.0. The summed E-state index contributed by atoms with van der Waals surface area (Å²) in [6.45, 7) is 3.87. The Bertz CT molecular complexity index is 1100. The number of piperidine rings is 1. The molecule has 0 saturated carbocycles. The van der Waals surface area contributed by atoms with Gasteiger partial charge in [-0.05, 0) is 61.7 Å². The third-order valence-electron chi connectivity index (χ3n) is 6.66. The third-order valence-corrected chi connectivity index (χ3v) is 6.66. The Labute approximate surface area is 207 Å². The molecule has 3 aromatic rings. The Morgan fingerprint density at radius 2 is 1.54 bits per heavy atom. The first kappa shape index (κ1) is 24.6. The average molecular weight is 476 g/mol. The zero-order valence-corrected chi connectivity index (χ0v) is 20.6. The summed E-state index contributed by atoms with van der Waals surface area (Å²) >= 11 is 0. The minimum Gasteiger partial charge on any atom is -0.493 e. The first-order valence-electron chi connectivity index (χ1n) is 12.0. The van der Waals surface area contributed by atoms with Gasteiger partial charge in [0.15, 0.2) is 11.5 Å². The van der Waals surface area contributed by atoms with Crippen LogP contribution in [-0.4, -0.2) is 43.3 Å². The van der Waals surface area contributed by atoms with Gasteiger partial charge in [-0.15, -0.1) is 0 Å². The number of carboxylic acid groups (broad SMARTS) is 1. The van der Waals surface area contributed by atoms with Crippen LogP contribution < -0.4 is 14.2 Å². The van der Waals surface area contributed by atoms with E-state index in [1.807, 2.05) is 42.5 Å². The topological polar surface area (TPSA) is 68.2 Å². The predicted octanol–water partition coefficient (Wildman–Crippen LogP) is 5.48. The number of likely N-dealkylation sites (tertiary alicyclic amines) is 1. The number of ether oxygens (including phenoxy) is 3. The van der Waals surface area contributed by atoms with Crippen LogP contribution in [0.15, 0.2) is 66.7 Å². The fourth-order valence-corrected chi connectivity index (χ4v) is 4.70. The zero-order chi connectivity index (χ0) is 24.8. The zero-order valence-electron chi connectivity index (χ0n) is 20.6. The van der Waals surface area contributed by atoms with Gasteiger partial charge < -0.3 is 19.3 Å². The van der Waals surface area contributed by atoms with Crippen molar-refractivity contribution in [2.24, 2.45) is 5.92 Å². The summed E-state index contributed by atoms with van der Waals surface area (Å²) in [4.78, 5) is 13.9. The Morgan fingerprint density at radius 1 is 0.943 bits per heavy atom. The number of hydrogen-bond donors (Lipinski definition) is 1. The Hall–Kier alpha value is -3.51. The van der Waals surface area contributed by atoms with Crippen LogP contribution in [0, 0.1) is 12.8 Å². The third kappa shape index (κ3) is 5.77. The molecule has 0 bridgehead atoms. The van der Waals surface area contributed by atoms with E-state index in [9.17, 15) is 9.90 Å². The van der Waals surface area contributed by atoms with Crippen molar-refractivity contribution in [2.45, 2.75) is 32.4 Å². The number of carboxylic acids is 1. The highest BCUT2D eigenvalue weighted by atomic mass is 16.5. The summed E-state index contributed by atoms with van der Waals surface area (Å²) in [7, 11) is 3.26. The van der Waals surface area contributed by atoms with E-state index in [4.69, 9.17) is 14.2 Å². The second-order valence-corrected chi connectivity index (χ2v) is 8.99. The van der Waals surface area contributed by atoms with Gasteiger partial charge in [-0.1, -0.05) is 60.2 Å². The van der Waals surface area contributed by atoms with Crippen molar-refractivity contribution < 1.29 is 24.1 Å². The van der Waals surface area contributed by atoms with E-state index in [-0.39, 0.29) is 12.0 Å². The molecular weight excluding hydrogens is 442 g/mol. The molecule has 4 rings (SSSR count). The molecule has 6 nitrogen and oxygen atoms in total. The normalized spacial score (nSPS) is 15.4. The molecule has 0 radical (unpaired) electrons. The van der Waals surface area contributed by atoms with Gasteiger partial charge >= 0.3 is 5.97 Å². The van der Waals surface area contributed by atoms with Crippen LogP contribution in [0.5, 0.6) is 17.2 Å². The Balaban J connectivity index is 1.69. The number of benzene rings is 3. The number of rotatable bonds is 9. The Kier molecular flexibility index (Phi) is 7.93. The van der Waals surface area contributed by atoms with Crippen LogP contribution in [0.1, 0.15) is 41.1 Å². The average Bonchev–Trinajstić information content (AvgIpc) is 2.89. The van der Waals surface area contributed by atoms with Crippen molar-refractivity contribution >= 4 is 5.97 Å². The van der Waals surface area contributed by atoms with Crippen LogP contribution in [-0.2, 0) is 11.4 Å². The molecule has 35 heavy (non-hydrogen) atoms. The van der Waals surface area contributed by atoms with E-state index >= 15 is 0 Å². The summed E-state index contributed by atoms with van der Waals surface area (Å²) < 4.78 is 17.7. The summed E-state index contributed by atoms with van der Waals surface area (Å²) in [6, 6.07) is 22.4. The van der Waals surface area contributed by atoms with Crippen LogP contribution >= 0.6 is 0 Å². The highest BCUT2D eigenvalue weighted by Gasteiger charge is 2.31. The number of aliphatic carboxylic acids is 1. The van der Waals surface area contributed by atoms with Crippen molar-refractivity contribution in [2.75, 3.05) is 27.3 Å². The molecule has 1 fully saturated rings. The summed E-state index contributed by atoms with van der Waals surface area (Å²) in [5.74, 6) is 0.776. The largest absolute Gasteiger partial charge is 0.493 e. The van der Waals surface area contributed by atoms with E-state index in [1.165, 1.54) is 5.56 Å². The second kappa shape index (κ2) is 11.3. The smallest absolute Gasteiger partial charge is 0.306 e. The van der Waals surface area contributed by atoms with Crippen LogP contribution in [0.3, 0.4) is 0 Å². The minimum absolute atomic E-state index is 0.0590. The molecule has 1 saturated heterocycles. The molecule has 184 valence electrons. The van der Waals surface area contributed by atoms with Crippen molar-refractivity contribution in [3.8, 4) is 17.2 Å². The van der Waals surface area contributed by atoms with Gasteiger partial charge in [0, 0.05) is 0 Å². The lowest BCUT2D eigenvalue weighted by Crippen LogP contribution is -2.39. The molecule has 3 aromatic carbocycles. The fraction of sp³-hybridized carbons (Fsp3) is 0.345. The molecule has 1 atom stereocenters. The molecule has 1 heterocycles. The standard InChI is InChI=1S/C29H33NO5/c1-20-9-11-22(12-10-20)27(30-15-13-23(14-16-30)29(31)32)24-17-25(33-2)28(26(18-24)34-3)35-19-21-7-5-4-6-8-21/h4-12,17-18,23,27H,13-16,19H2,1-3H3,(H,31,32). The maximum absolute atomic E-state index is 11.5. The lowest BCUT2D eigenvalue weighted by molar-refractivity contribution is -0.143. The van der Waals surface area contributed by atoms with Gasteiger partial charge in [-0.3, -0.25) is 9.69 Å². The molecule has 6 heteroatoms. The van der Waals surface area contributed by atoms with Crippen molar-refractivity contribution in [3.05, 3.63) is 89.0 Å². The van der Waals surface area contributed by atoms with Crippen molar-refractivity contribution in [1.82, 2.24) is 4.90 Å². The quantitative estimate of drug-likeness (QED) is 0.442. The van der Waals surface area contributed by atoms with Crippen molar-refractivity contribution in [3.63, 3.8) is 0 Å². The molecule has 0 aliphatic carbocycles. The highest BCUT2D eigenvalue weighted by molar-refractivity contribution is 5.70. The number of nitrogens with zero attached hydrogens (tertiary/aromatic N) is 1. The van der Waals surface area contributed by atoms with Gasteiger partial charge in [0.2, 0.25) is 5.75 Å². The van der Waals surface area contributed by atoms with Crippen LogP contribution in [0.2, 0.25) is 0 Å². The predicted molar refractivity (Wildman–Crippen MR) is 135 cm³/mol. The number of carbonyl (C=O) groups is 1. The minimum atomic E-state index is -0.709. The van der Waals surface area contributed by atoms with E-state index in [0.29, 0.717) is 49.8 Å². The SMILES string of the molecule is COc1cc(C(c2ccc(C)cc2)N2CCC(C(=O)O)CC2)cc(OC)c1OCc1ccccc1. The highest BCUT2D eigenvalue weighted by Crippen LogP contribution is 2.43. The molecule has 1 aliphatic rings. The number of methoxy groups -OCH3 is 2. The maximum Gasteiger partial charge on any atom is 0.306 e. The summed E-state index contributed by atoms with van der Waals surface area (Å²) in [5.41, 5.74) is 4.41. The van der Waals surface area contributed by atoms with Gasteiger partial charge in [0.1, 0.15) is 6.61 Å².